The molecule has 3 nitrogen and oxygen atoms in total. The average molecular weight is 404 g/mol. The summed E-state index contributed by atoms with van der Waals surface area (Å²) in [5.74, 6) is -0.773. The normalized spacial score (nSPS) is 10.8. The maximum Gasteiger partial charge on any atom is 0.171 e. The fraction of sp³-hybridized carbons (Fsp3) is 0.286. The van der Waals surface area contributed by atoms with Gasteiger partial charge in [-0.3, -0.25) is 9.48 Å². The van der Waals surface area contributed by atoms with Crippen LogP contribution in [-0.2, 0) is 13.0 Å². The lowest BCUT2D eigenvalue weighted by molar-refractivity contribution is 0.0986. The fourth-order valence-corrected chi connectivity index (χ4v) is 2.76. The summed E-state index contributed by atoms with van der Waals surface area (Å²) in [4.78, 5) is 12.3. The molecule has 0 amide bonds. The number of hydrogen-bond donors (Lipinski definition) is 0. The molecule has 0 fully saturated rings. The monoisotopic (exact) mass is 402 g/mol. The number of hydrogen-bond acceptors (Lipinski definition) is 2. The standard InChI is InChI=1S/C14H13Br2FN2O/c1-3-19-12(14(16)8(2)18-19)7-13(20)10-5-4-9(15)6-11(10)17/h4-6H,3,7H2,1-2H3. The number of aromatic nitrogens is 2. The van der Waals surface area contributed by atoms with Crippen LogP contribution in [0, 0.1) is 12.7 Å². The SMILES string of the molecule is CCn1nc(C)c(Br)c1CC(=O)c1ccc(Br)cc1F. The van der Waals surface area contributed by atoms with Crippen molar-refractivity contribution in [1.29, 1.82) is 0 Å². The number of aryl methyl sites for hydroxylation is 2. The van der Waals surface area contributed by atoms with Gasteiger partial charge in [-0.05, 0) is 48.0 Å². The van der Waals surface area contributed by atoms with E-state index in [0.29, 0.717) is 11.0 Å². The highest BCUT2D eigenvalue weighted by molar-refractivity contribution is 9.10. The van der Waals surface area contributed by atoms with Gasteiger partial charge in [0.25, 0.3) is 0 Å². The van der Waals surface area contributed by atoms with Gasteiger partial charge >= 0.3 is 0 Å². The Labute approximate surface area is 133 Å². The Bertz CT molecular complexity index is 667. The number of ketones is 1. The Hall–Kier alpha value is -1.01. The summed E-state index contributed by atoms with van der Waals surface area (Å²) in [5.41, 5.74) is 1.70. The Morgan fingerprint density at radius 1 is 1.40 bits per heavy atom. The molecule has 106 valence electrons. The number of benzene rings is 1. The lowest BCUT2D eigenvalue weighted by atomic mass is 10.1. The average Bonchev–Trinajstić information content (AvgIpc) is 2.66. The van der Waals surface area contributed by atoms with Gasteiger partial charge in [0.2, 0.25) is 0 Å². The van der Waals surface area contributed by atoms with Gasteiger partial charge in [-0.1, -0.05) is 15.9 Å². The minimum absolute atomic E-state index is 0.0987. The molecule has 1 aromatic heterocycles. The highest BCUT2D eigenvalue weighted by Gasteiger charge is 2.18. The van der Waals surface area contributed by atoms with E-state index in [9.17, 15) is 9.18 Å². The van der Waals surface area contributed by atoms with Crippen molar-refractivity contribution in [3.63, 3.8) is 0 Å². The Morgan fingerprint density at radius 2 is 2.10 bits per heavy atom. The van der Waals surface area contributed by atoms with Crippen molar-refractivity contribution < 1.29 is 9.18 Å². The van der Waals surface area contributed by atoms with Gasteiger partial charge in [-0.15, -0.1) is 0 Å². The zero-order chi connectivity index (χ0) is 14.9. The first-order chi connectivity index (χ1) is 9.43. The van der Waals surface area contributed by atoms with Gasteiger partial charge in [0.1, 0.15) is 5.82 Å². The number of nitrogens with zero attached hydrogens (tertiary/aromatic N) is 2. The van der Waals surface area contributed by atoms with Crippen LogP contribution in [-0.4, -0.2) is 15.6 Å². The summed E-state index contributed by atoms with van der Waals surface area (Å²) in [7, 11) is 0. The van der Waals surface area contributed by atoms with Crippen LogP contribution in [0.15, 0.2) is 27.1 Å². The molecule has 20 heavy (non-hydrogen) atoms. The number of halogens is 3. The van der Waals surface area contributed by atoms with E-state index in [1.54, 1.807) is 10.7 Å². The van der Waals surface area contributed by atoms with Crippen LogP contribution < -0.4 is 0 Å². The van der Waals surface area contributed by atoms with Crippen LogP contribution >= 0.6 is 31.9 Å². The topological polar surface area (TPSA) is 34.9 Å². The van der Waals surface area contributed by atoms with Gasteiger partial charge in [0.15, 0.2) is 5.78 Å². The summed E-state index contributed by atoms with van der Waals surface area (Å²) < 4.78 is 17.0. The largest absolute Gasteiger partial charge is 0.294 e. The molecule has 0 atom stereocenters. The van der Waals surface area contributed by atoms with Crippen molar-refractivity contribution in [2.45, 2.75) is 26.8 Å². The van der Waals surface area contributed by atoms with E-state index < -0.39 is 5.82 Å². The second-order valence-corrected chi connectivity index (χ2v) is 6.09. The minimum Gasteiger partial charge on any atom is -0.294 e. The van der Waals surface area contributed by atoms with Gasteiger partial charge in [-0.25, -0.2) is 4.39 Å². The summed E-state index contributed by atoms with van der Waals surface area (Å²) in [6.07, 6.45) is 0.119. The van der Waals surface area contributed by atoms with Crippen LogP contribution in [0.2, 0.25) is 0 Å². The van der Waals surface area contributed by atoms with Crippen LogP contribution in [0.25, 0.3) is 0 Å². The molecule has 1 heterocycles. The maximum atomic E-state index is 13.8. The van der Waals surface area contributed by atoms with Crippen LogP contribution in [0.5, 0.6) is 0 Å². The molecule has 2 aromatic rings. The first kappa shape index (κ1) is 15.4. The van der Waals surface area contributed by atoms with Gasteiger partial charge in [0, 0.05) is 11.0 Å². The molecule has 1 aromatic carbocycles. The summed E-state index contributed by atoms with van der Waals surface area (Å²) in [5, 5.41) is 4.33. The molecule has 0 radical (unpaired) electrons. The van der Waals surface area contributed by atoms with E-state index in [4.69, 9.17) is 0 Å². The Morgan fingerprint density at radius 3 is 2.70 bits per heavy atom. The number of carbonyl (C=O) groups excluding carboxylic acids is 1. The van der Waals surface area contributed by atoms with Crippen molar-refractivity contribution >= 4 is 37.6 Å². The third-order valence-corrected chi connectivity index (χ3v) is 4.54. The van der Waals surface area contributed by atoms with Crippen molar-refractivity contribution in [2.24, 2.45) is 0 Å². The lowest BCUT2D eigenvalue weighted by Gasteiger charge is -2.06. The smallest absolute Gasteiger partial charge is 0.171 e. The predicted molar refractivity (Wildman–Crippen MR) is 82.5 cm³/mol. The molecule has 6 heteroatoms. The van der Waals surface area contributed by atoms with Crippen molar-refractivity contribution in [2.75, 3.05) is 0 Å². The van der Waals surface area contributed by atoms with Crippen LogP contribution in [0.4, 0.5) is 4.39 Å². The molecular formula is C14H13Br2FN2O. The Kier molecular flexibility index (Phi) is 4.75. The zero-order valence-corrected chi connectivity index (χ0v) is 14.3. The van der Waals surface area contributed by atoms with E-state index in [0.717, 1.165) is 15.9 Å². The molecule has 0 spiro atoms. The van der Waals surface area contributed by atoms with E-state index in [1.807, 2.05) is 13.8 Å². The van der Waals surface area contributed by atoms with E-state index in [1.165, 1.54) is 12.1 Å². The van der Waals surface area contributed by atoms with Gasteiger partial charge in [0.05, 0.1) is 27.8 Å². The molecule has 2 rings (SSSR count). The molecule has 0 saturated carbocycles. The first-order valence-corrected chi connectivity index (χ1v) is 7.72. The fourth-order valence-electron chi connectivity index (χ4n) is 2.00. The molecule has 0 bridgehead atoms. The molecule has 0 saturated heterocycles. The van der Waals surface area contributed by atoms with E-state index in [-0.39, 0.29) is 17.8 Å². The molecule has 0 aliphatic carbocycles. The highest BCUT2D eigenvalue weighted by Crippen LogP contribution is 2.24. The van der Waals surface area contributed by atoms with Crippen molar-refractivity contribution in [3.8, 4) is 0 Å². The van der Waals surface area contributed by atoms with Gasteiger partial charge in [-0.2, -0.15) is 5.10 Å². The van der Waals surface area contributed by atoms with Crippen molar-refractivity contribution in [1.82, 2.24) is 9.78 Å². The first-order valence-electron chi connectivity index (χ1n) is 6.14. The maximum absolute atomic E-state index is 13.8. The summed E-state index contributed by atoms with van der Waals surface area (Å²) in [6.45, 7) is 4.48. The van der Waals surface area contributed by atoms with Crippen molar-refractivity contribution in [3.05, 3.63) is 49.9 Å². The highest BCUT2D eigenvalue weighted by atomic mass is 79.9. The second kappa shape index (κ2) is 6.18. The molecular weight excluding hydrogens is 391 g/mol. The van der Waals surface area contributed by atoms with E-state index in [2.05, 4.69) is 37.0 Å². The number of carbonyl (C=O) groups is 1. The second-order valence-electron chi connectivity index (χ2n) is 4.39. The summed E-state index contributed by atoms with van der Waals surface area (Å²) >= 11 is 6.61. The third-order valence-electron chi connectivity index (χ3n) is 3.01. The van der Waals surface area contributed by atoms with Gasteiger partial charge < -0.3 is 0 Å². The number of rotatable bonds is 4. The minimum atomic E-state index is -0.514. The Balaban J connectivity index is 2.32. The predicted octanol–water partition coefficient (Wildman–Crippen LogP) is 4.30. The molecule has 0 N–H and O–H groups in total. The number of Topliss-reactive ketones (excluding diaryl/α,β-unsaturated/α-hetero) is 1. The molecule has 0 aliphatic rings. The molecule has 0 unspecified atom stereocenters. The summed E-state index contributed by atoms with van der Waals surface area (Å²) in [6, 6.07) is 4.45. The van der Waals surface area contributed by atoms with E-state index >= 15 is 0 Å². The molecule has 0 aliphatic heterocycles. The zero-order valence-electron chi connectivity index (χ0n) is 11.1. The lowest BCUT2D eigenvalue weighted by Crippen LogP contribution is -2.11. The van der Waals surface area contributed by atoms with Crippen LogP contribution in [0.1, 0.15) is 28.7 Å². The quantitative estimate of drug-likeness (QED) is 0.713. The van der Waals surface area contributed by atoms with Crippen LogP contribution in [0.3, 0.4) is 0 Å². The third kappa shape index (κ3) is 3.01.